The minimum Gasteiger partial charge on any atom is -0.396 e. The quantitative estimate of drug-likeness (QED) is 0.869. The number of nitrogens with one attached hydrogen (secondary N) is 1. The highest BCUT2D eigenvalue weighted by Gasteiger charge is 2.31. The molecule has 7 heteroatoms. The predicted octanol–water partition coefficient (Wildman–Crippen LogP) is 2.21. The topological polar surface area (TPSA) is 96.0 Å². The summed E-state index contributed by atoms with van der Waals surface area (Å²) in [4.78, 5) is 0.363. The maximum atomic E-state index is 12.1. The molecule has 0 spiro atoms. The van der Waals surface area contributed by atoms with Crippen molar-refractivity contribution in [3.05, 3.63) is 4.88 Å². The Morgan fingerprint density at radius 2 is 2.21 bits per heavy atom. The van der Waals surface area contributed by atoms with Gasteiger partial charge in [0, 0.05) is 6.04 Å². The molecule has 1 aliphatic rings. The molecule has 1 saturated carbocycles. The maximum absolute atomic E-state index is 12.1. The van der Waals surface area contributed by atoms with Gasteiger partial charge in [0.05, 0.1) is 11.4 Å². The Morgan fingerprint density at radius 3 is 2.68 bits per heavy atom. The Hall–Kier alpha value is -1.26. The molecule has 19 heavy (non-hydrogen) atoms. The van der Waals surface area contributed by atoms with E-state index in [-0.39, 0.29) is 27.3 Å². The lowest BCUT2D eigenvalue weighted by atomic mass is 10.2. The fourth-order valence-electron chi connectivity index (χ4n) is 1.98. The van der Waals surface area contributed by atoms with Crippen LogP contribution in [-0.4, -0.2) is 20.2 Å². The maximum Gasteiger partial charge on any atom is 0.183 e. The molecule has 104 valence electrons. The molecule has 1 atom stereocenters. The molecule has 5 nitrogen and oxygen atoms in total. The molecule has 0 bridgehead atoms. The van der Waals surface area contributed by atoms with Crippen LogP contribution < -0.4 is 11.1 Å². The predicted molar refractivity (Wildman–Crippen MR) is 77.0 cm³/mol. The van der Waals surface area contributed by atoms with Crippen LogP contribution in [0.1, 0.15) is 31.6 Å². The number of nitrogens with two attached hydrogens (primary N) is 1. The molecule has 1 aliphatic carbocycles. The van der Waals surface area contributed by atoms with Crippen molar-refractivity contribution in [3.8, 4) is 6.07 Å². The van der Waals surface area contributed by atoms with Gasteiger partial charge >= 0.3 is 0 Å². The van der Waals surface area contributed by atoms with Gasteiger partial charge in [0.25, 0.3) is 0 Å². The summed E-state index contributed by atoms with van der Waals surface area (Å²) < 4.78 is 24.2. The number of rotatable bonds is 5. The molecule has 0 amide bonds. The van der Waals surface area contributed by atoms with E-state index in [0.717, 1.165) is 24.2 Å². The Bertz CT molecular complexity index is 624. The van der Waals surface area contributed by atoms with Crippen LogP contribution in [0, 0.1) is 17.2 Å². The summed E-state index contributed by atoms with van der Waals surface area (Å²) in [5.41, 5.74) is 5.90. The number of sulfone groups is 1. The number of nitriles is 1. The van der Waals surface area contributed by atoms with Crippen LogP contribution in [0.4, 0.5) is 10.7 Å². The van der Waals surface area contributed by atoms with Gasteiger partial charge < -0.3 is 11.1 Å². The summed E-state index contributed by atoms with van der Waals surface area (Å²) in [5.74, 6) is 0.566. The Morgan fingerprint density at radius 1 is 1.58 bits per heavy atom. The molecule has 1 aromatic heterocycles. The van der Waals surface area contributed by atoms with E-state index >= 15 is 0 Å². The summed E-state index contributed by atoms with van der Waals surface area (Å²) >= 11 is 1.13. The summed E-state index contributed by atoms with van der Waals surface area (Å²) in [6.45, 7) is 3.61. The lowest BCUT2D eigenvalue weighted by molar-refractivity contribution is 0.598. The molecular formula is C12H17N3O2S2. The van der Waals surface area contributed by atoms with Crippen molar-refractivity contribution in [2.24, 2.45) is 5.92 Å². The van der Waals surface area contributed by atoms with Crippen LogP contribution >= 0.6 is 11.3 Å². The molecule has 0 radical (unpaired) electrons. The lowest BCUT2D eigenvalue weighted by Gasteiger charge is -2.14. The van der Waals surface area contributed by atoms with Crippen LogP contribution in [0.25, 0.3) is 0 Å². The molecule has 0 aliphatic heterocycles. The first-order valence-corrected chi connectivity index (χ1v) is 8.69. The molecule has 3 N–H and O–H groups in total. The first kappa shape index (κ1) is 14.2. The SMILES string of the molecule is CCS(=O)(=O)c1c(NC(C)C2CC2)sc(C#N)c1N. The van der Waals surface area contributed by atoms with E-state index < -0.39 is 9.84 Å². The third-order valence-electron chi connectivity index (χ3n) is 3.38. The van der Waals surface area contributed by atoms with E-state index in [1.54, 1.807) is 6.92 Å². The van der Waals surface area contributed by atoms with Gasteiger partial charge in [-0.3, -0.25) is 0 Å². The Labute approximate surface area is 117 Å². The number of hydrogen-bond acceptors (Lipinski definition) is 6. The molecule has 0 saturated heterocycles. The zero-order valence-electron chi connectivity index (χ0n) is 10.9. The molecule has 0 aromatic carbocycles. The van der Waals surface area contributed by atoms with Gasteiger partial charge in [0.2, 0.25) is 0 Å². The average molecular weight is 299 g/mol. The molecule has 1 heterocycles. The van der Waals surface area contributed by atoms with E-state index in [0.29, 0.717) is 10.9 Å². The largest absolute Gasteiger partial charge is 0.396 e. The Kier molecular flexibility index (Phi) is 3.74. The highest BCUT2D eigenvalue weighted by molar-refractivity contribution is 7.91. The minimum atomic E-state index is -3.43. The van der Waals surface area contributed by atoms with Crippen molar-refractivity contribution < 1.29 is 8.42 Å². The summed E-state index contributed by atoms with van der Waals surface area (Å²) in [6, 6.07) is 2.16. The van der Waals surface area contributed by atoms with Gasteiger partial charge in [0.1, 0.15) is 20.8 Å². The summed E-state index contributed by atoms with van der Waals surface area (Å²) in [7, 11) is -3.43. The lowest BCUT2D eigenvalue weighted by Crippen LogP contribution is -2.18. The summed E-state index contributed by atoms with van der Waals surface area (Å²) in [6.07, 6.45) is 2.33. The van der Waals surface area contributed by atoms with Gasteiger partial charge in [-0.25, -0.2) is 8.42 Å². The fraction of sp³-hybridized carbons (Fsp3) is 0.583. The van der Waals surface area contributed by atoms with Gasteiger partial charge in [0.15, 0.2) is 9.84 Å². The highest BCUT2D eigenvalue weighted by atomic mass is 32.2. The van der Waals surface area contributed by atoms with Crippen molar-refractivity contribution in [2.45, 2.75) is 37.6 Å². The van der Waals surface area contributed by atoms with E-state index in [4.69, 9.17) is 11.0 Å². The molecule has 1 fully saturated rings. The van der Waals surface area contributed by atoms with Crippen LogP contribution in [0.5, 0.6) is 0 Å². The summed E-state index contributed by atoms with van der Waals surface area (Å²) in [5, 5.41) is 12.7. The van der Waals surface area contributed by atoms with Crippen LogP contribution in [-0.2, 0) is 9.84 Å². The van der Waals surface area contributed by atoms with E-state index in [1.165, 1.54) is 0 Å². The number of thiophene rings is 1. The van der Waals surface area contributed by atoms with Crippen molar-refractivity contribution in [2.75, 3.05) is 16.8 Å². The Balaban J connectivity index is 2.44. The van der Waals surface area contributed by atoms with E-state index in [2.05, 4.69) is 5.32 Å². The van der Waals surface area contributed by atoms with Crippen molar-refractivity contribution >= 4 is 31.9 Å². The van der Waals surface area contributed by atoms with Crippen molar-refractivity contribution in [3.63, 3.8) is 0 Å². The second-order valence-corrected chi connectivity index (χ2v) is 8.02. The highest BCUT2D eigenvalue weighted by Crippen LogP contribution is 2.42. The molecule has 2 rings (SSSR count). The zero-order chi connectivity index (χ0) is 14.2. The second kappa shape index (κ2) is 5.02. The zero-order valence-corrected chi connectivity index (χ0v) is 12.6. The normalized spacial score (nSPS) is 16.9. The number of nitrogen functional groups attached to an aromatic ring is 1. The van der Waals surface area contributed by atoms with Crippen LogP contribution in [0.2, 0.25) is 0 Å². The fourth-order valence-corrected chi connectivity index (χ4v) is 4.53. The van der Waals surface area contributed by atoms with Gasteiger partial charge in [-0.05, 0) is 25.7 Å². The molecule has 1 unspecified atom stereocenters. The van der Waals surface area contributed by atoms with Crippen molar-refractivity contribution in [1.82, 2.24) is 0 Å². The van der Waals surface area contributed by atoms with Gasteiger partial charge in [-0.2, -0.15) is 5.26 Å². The molecule has 1 aromatic rings. The first-order valence-electron chi connectivity index (χ1n) is 6.22. The van der Waals surface area contributed by atoms with Crippen LogP contribution in [0.3, 0.4) is 0 Å². The smallest absolute Gasteiger partial charge is 0.183 e. The first-order chi connectivity index (χ1) is 8.90. The van der Waals surface area contributed by atoms with Crippen LogP contribution in [0.15, 0.2) is 4.90 Å². The average Bonchev–Trinajstić information content (AvgIpc) is 3.15. The monoisotopic (exact) mass is 299 g/mol. The van der Waals surface area contributed by atoms with Crippen molar-refractivity contribution in [1.29, 1.82) is 5.26 Å². The number of nitrogens with zero attached hydrogens (tertiary/aromatic N) is 1. The van der Waals surface area contributed by atoms with Gasteiger partial charge in [-0.15, -0.1) is 11.3 Å². The molecular weight excluding hydrogens is 282 g/mol. The standard InChI is InChI=1S/C12H17N3O2S2/c1-3-19(16,17)11-10(14)9(6-13)18-12(11)15-7(2)8-4-5-8/h7-8,15H,3-5,14H2,1-2H3. The number of anilines is 2. The minimum absolute atomic E-state index is 0.0225. The van der Waals surface area contributed by atoms with E-state index in [1.807, 2.05) is 13.0 Å². The van der Waals surface area contributed by atoms with E-state index in [9.17, 15) is 8.42 Å². The number of hydrogen-bond donors (Lipinski definition) is 2. The third kappa shape index (κ3) is 2.69. The van der Waals surface area contributed by atoms with Gasteiger partial charge in [-0.1, -0.05) is 6.92 Å². The third-order valence-corrected chi connectivity index (χ3v) is 6.36. The second-order valence-electron chi connectivity index (χ2n) is 4.79.